The van der Waals surface area contributed by atoms with Crippen LogP contribution >= 0.6 is 23.5 Å². The normalized spacial score (nSPS) is 16.2. The zero-order valence-electron chi connectivity index (χ0n) is 53.8. The molecule has 0 aromatic carbocycles. The average molecular weight is 1200 g/mol. The summed E-state index contributed by atoms with van der Waals surface area (Å²) in [5, 5.41) is 49.8. The van der Waals surface area contributed by atoms with Crippen LogP contribution in [0, 0.1) is 0 Å². The summed E-state index contributed by atoms with van der Waals surface area (Å²) in [6, 6.07) is -1.76. The zero-order chi connectivity index (χ0) is 59.9. The summed E-state index contributed by atoms with van der Waals surface area (Å²) < 4.78 is 0. The third-order valence-corrected chi connectivity index (χ3v) is 18.8. The number of nitrogens with one attached hydrogen (secondary N) is 2. The molecule has 1 heterocycles. The Balaban J connectivity index is 2.65. The van der Waals surface area contributed by atoms with E-state index in [9.17, 15) is 39.6 Å². The van der Waals surface area contributed by atoms with Gasteiger partial charge in [0.05, 0.1) is 24.4 Å². The van der Waals surface area contributed by atoms with Crippen LogP contribution in [0.5, 0.6) is 0 Å². The van der Waals surface area contributed by atoms with Crippen molar-refractivity contribution in [1.29, 1.82) is 0 Å². The number of piperazine rings is 1. The van der Waals surface area contributed by atoms with Crippen LogP contribution < -0.4 is 10.6 Å². The van der Waals surface area contributed by atoms with Crippen molar-refractivity contribution < 1.29 is 39.6 Å². The van der Waals surface area contributed by atoms with Gasteiger partial charge in [0.2, 0.25) is 11.8 Å². The van der Waals surface area contributed by atoms with Gasteiger partial charge in [-0.05, 0) is 25.7 Å². The van der Waals surface area contributed by atoms with E-state index in [1.165, 1.54) is 205 Å². The minimum absolute atomic E-state index is 0.0872. The van der Waals surface area contributed by atoms with Crippen molar-refractivity contribution in [2.24, 2.45) is 0 Å². The fourth-order valence-corrected chi connectivity index (χ4v) is 13.1. The van der Waals surface area contributed by atoms with Gasteiger partial charge in [-0.15, -0.1) is 0 Å². The molecular weight excluding hydrogens is 1060 g/mol. The molecule has 0 radical (unpaired) electrons. The molecule has 6 N–H and O–H groups in total. The number of unbranched alkanes of at least 4 members (excludes halogenated alkanes) is 36. The number of nitrogens with zero attached hydrogens (tertiary/aromatic N) is 2. The van der Waals surface area contributed by atoms with Crippen LogP contribution in [0.15, 0.2) is 0 Å². The van der Waals surface area contributed by atoms with Crippen LogP contribution in [0.3, 0.4) is 0 Å². The van der Waals surface area contributed by atoms with Crippen molar-refractivity contribution in [1.82, 2.24) is 20.4 Å². The first-order valence-electron chi connectivity index (χ1n) is 35.0. The monoisotopic (exact) mass is 1200 g/mol. The first-order valence-corrected chi connectivity index (χ1v) is 37.0. The van der Waals surface area contributed by atoms with Crippen LogP contribution in [0.2, 0.25) is 0 Å². The van der Waals surface area contributed by atoms with Gasteiger partial charge in [-0.1, -0.05) is 308 Å². The molecular formula is C68H132N4O8S2. The van der Waals surface area contributed by atoms with E-state index in [1.807, 2.05) is 9.80 Å². The first-order chi connectivity index (χ1) is 39.9. The SMILES string of the molecule is CCCCCCCCCCCCC(O)CN(CCC(=O)SCC1NC(=O)C(CSC(=O)CCN(CC(O)CCCCCCCCCCCC)CC(O)CCCCCCCCCCCC)NC1=O)CC(O)CCCCCCCCCCCC. The molecule has 1 aliphatic rings. The van der Waals surface area contributed by atoms with Crippen molar-refractivity contribution >= 4 is 45.6 Å². The highest BCUT2D eigenvalue weighted by molar-refractivity contribution is 8.13. The lowest BCUT2D eigenvalue weighted by atomic mass is 10.0. The Hall–Kier alpha value is -1.26. The third kappa shape index (κ3) is 48.8. The van der Waals surface area contributed by atoms with Crippen LogP contribution in [-0.2, 0) is 19.2 Å². The number of amides is 2. The highest BCUT2D eigenvalue weighted by Crippen LogP contribution is 2.20. The zero-order valence-corrected chi connectivity index (χ0v) is 55.4. The molecule has 82 heavy (non-hydrogen) atoms. The van der Waals surface area contributed by atoms with Crippen molar-refractivity contribution in [3.05, 3.63) is 0 Å². The molecule has 0 aromatic rings. The van der Waals surface area contributed by atoms with E-state index in [-0.39, 0.29) is 46.4 Å². The van der Waals surface area contributed by atoms with Gasteiger partial charge in [0.15, 0.2) is 10.2 Å². The molecule has 0 aromatic heterocycles. The highest BCUT2D eigenvalue weighted by atomic mass is 32.2. The topological polar surface area (TPSA) is 180 Å². The lowest BCUT2D eigenvalue weighted by Crippen LogP contribution is -2.63. The van der Waals surface area contributed by atoms with Crippen LogP contribution in [0.4, 0.5) is 0 Å². The summed E-state index contributed by atoms with van der Waals surface area (Å²) in [5.41, 5.74) is 0. The van der Waals surface area contributed by atoms with Crippen molar-refractivity contribution in [3.63, 3.8) is 0 Å². The van der Waals surface area contributed by atoms with E-state index in [4.69, 9.17) is 0 Å². The van der Waals surface area contributed by atoms with Crippen molar-refractivity contribution in [2.75, 3.05) is 50.8 Å². The number of hydrogen-bond acceptors (Lipinski definition) is 12. The Bertz CT molecular complexity index is 1310. The second-order valence-electron chi connectivity index (χ2n) is 25.0. The summed E-state index contributed by atoms with van der Waals surface area (Å²) >= 11 is 2.03. The number of carbonyl (C=O) groups is 4. The van der Waals surface area contributed by atoms with Gasteiger partial charge in [-0.3, -0.25) is 29.0 Å². The van der Waals surface area contributed by atoms with Gasteiger partial charge >= 0.3 is 0 Å². The van der Waals surface area contributed by atoms with Crippen molar-refractivity contribution in [2.45, 2.75) is 360 Å². The maximum atomic E-state index is 13.3. The van der Waals surface area contributed by atoms with E-state index >= 15 is 0 Å². The number of carbonyl (C=O) groups excluding carboxylic acids is 4. The molecule has 1 saturated heterocycles. The van der Waals surface area contributed by atoms with Crippen LogP contribution in [-0.4, -0.2) is 140 Å². The molecule has 484 valence electrons. The lowest BCUT2D eigenvalue weighted by Gasteiger charge is -2.29. The Kier molecular flexibility index (Phi) is 55.2. The highest BCUT2D eigenvalue weighted by Gasteiger charge is 2.34. The van der Waals surface area contributed by atoms with E-state index < -0.39 is 36.5 Å². The fourth-order valence-electron chi connectivity index (χ4n) is 11.4. The Morgan fingerprint density at radius 3 is 0.756 bits per heavy atom. The maximum Gasteiger partial charge on any atom is 0.244 e. The molecule has 0 saturated carbocycles. The van der Waals surface area contributed by atoms with Crippen LogP contribution in [0.1, 0.15) is 323 Å². The van der Waals surface area contributed by atoms with Gasteiger partial charge in [-0.2, -0.15) is 0 Å². The van der Waals surface area contributed by atoms with Gasteiger partial charge < -0.3 is 31.1 Å². The Morgan fingerprint density at radius 2 is 0.549 bits per heavy atom. The molecule has 6 unspecified atom stereocenters. The molecule has 0 spiro atoms. The number of aliphatic hydroxyl groups excluding tert-OH is 4. The molecule has 1 fully saturated rings. The minimum Gasteiger partial charge on any atom is -0.392 e. The molecule has 14 heteroatoms. The van der Waals surface area contributed by atoms with Gasteiger partial charge in [0.1, 0.15) is 12.1 Å². The second kappa shape index (κ2) is 57.5. The lowest BCUT2D eigenvalue weighted by molar-refractivity contribution is -0.135. The largest absolute Gasteiger partial charge is 0.392 e. The molecule has 2 amide bonds. The second-order valence-corrected chi connectivity index (χ2v) is 27.2. The van der Waals surface area contributed by atoms with E-state index in [2.05, 4.69) is 38.3 Å². The van der Waals surface area contributed by atoms with Gasteiger partial charge in [0, 0.05) is 63.6 Å². The number of rotatable bonds is 62. The Labute approximate surface area is 513 Å². The molecule has 0 bridgehead atoms. The molecule has 1 aliphatic heterocycles. The summed E-state index contributed by atoms with van der Waals surface area (Å²) in [7, 11) is 0. The number of thioether (sulfide) groups is 2. The Morgan fingerprint density at radius 1 is 0.354 bits per heavy atom. The summed E-state index contributed by atoms with van der Waals surface area (Å²) in [6.07, 6.45) is 50.3. The molecule has 0 aliphatic carbocycles. The predicted octanol–water partition coefficient (Wildman–Crippen LogP) is 15.6. The summed E-state index contributed by atoms with van der Waals surface area (Å²) in [6.45, 7) is 11.4. The van der Waals surface area contributed by atoms with Gasteiger partial charge in [0.25, 0.3) is 0 Å². The third-order valence-electron chi connectivity index (χ3n) is 16.8. The first kappa shape index (κ1) is 78.8. The predicted molar refractivity (Wildman–Crippen MR) is 351 cm³/mol. The minimum atomic E-state index is -0.882. The van der Waals surface area contributed by atoms with E-state index in [0.29, 0.717) is 65.0 Å². The maximum absolute atomic E-state index is 13.3. The number of hydrogen-bond donors (Lipinski definition) is 6. The van der Waals surface area contributed by atoms with Crippen LogP contribution in [0.25, 0.3) is 0 Å². The summed E-state index contributed by atoms with van der Waals surface area (Å²) in [5.74, 6) is -0.597. The standard InChI is InChI=1S/C68H132N4O8S2/c1-5-9-13-17-21-25-29-33-37-41-45-59(73)53-71(54-60(74)46-42-38-34-30-26-22-18-14-10-6-2)51-49-65(77)81-57-63-67(79)70-64(68(80)69-63)58-82-66(78)50-52-72(55-61(75)47-43-39-35-31-27-23-19-15-11-7-3)56-62(76)48-44-40-36-32-28-24-20-16-12-8-4/h59-64,73-76H,5-58H2,1-4H3,(H,69,80)(H,70,79). The quantitative estimate of drug-likeness (QED) is 0.0318. The van der Waals surface area contributed by atoms with E-state index in [0.717, 1.165) is 74.9 Å². The summed E-state index contributed by atoms with van der Waals surface area (Å²) in [4.78, 5) is 57.2. The van der Waals surface area contributed by atoms with E-state index in [1.54, 1.807) is 0 Å². The molecule has 12 nitrogen and oxygen atoms in total. The number of aliphatic hydroxyl groups is 4. The smallest absolute Gasteiger partial charge is 0.244 e. The average Bonchev–Trinajstić information content (AvgIpc) is 3.48. The van der Waals surface area contributed by atoms with Crippen molar-refractivity contribution in [3.8, 4) is 0 Å². The molecule has 6 atom stereocenters. The molecule has 1 rings (SSSR count). The van der Waals surface area contributed by atoms with Gasteiger partial charge in [-0.25, -0.2) is 0 Å². The fraction of sp³-hybridized carbons (Fsp3) is 0.941.